The first-order chi connectivity index (χ1) is 17.3. The summed E-state index contributed by atoms with van der Waals surface area (Å²) in [5.74, 6) is -0.328. The van der Waals surface area contributed by atoms with Crippen LogP contribution in [0, 0.1) is 20.8 Å². The molecule has 37 heavy (non-hydrogen) atoms. The normalized spacial score (nSPS) is 13.1. The van der Waals surface area contributed by atoms with E-state index < -0.39 is 16.1 Å². The highest BCUT2D eigenvalue weighted by Gasteiger charge is 2.29. The zero-order valence-corrected chi connectivity index (χ0v) is 24.2. The van der Waals surface area contributed by atoms with E-state index in [0.717, 1.165) is 28.7 Å². The van der Waals surface area contributed by atoms with Crippen LogP contribution in [0.1, 0.15) is 68.7 Å². The molecule has 0 aliphatic carbocycles. The summed E-state index contributed by atoms with van der Waals surface area (Å²) in [5.41, 5.74) is 4.62. The molecule has 0 saturated carbocycles. The first-order valence-corrected chi connectivity index (χ1v) is 14.9. The highest BCUT2D eigenvalue weighted by Crippen LogP contribution is 2.22. The summed E-state index contributed by atoms with van der Waals surface area (Å²) in [7, 11) is -3.53. The molecule has 8 heteroatoms. The molecule has 0 saturated heterocycles. The van der Waals surface area contributed by atoms with Crippen LogP contribution < -0.4 is 9.62 Å². The lowest BCUT2D eigenvalue weighted by molar-refractivity contribution is -0.141. The quantitative estimate of drug-likeness (QED) is 0.401. The van der Waals surface area contributed by atoms with E-state index in [9.17, 15) is 18.0 Å². The van der Waals surface area contributed by atoms with E-state index in [1.165, 1.54) is 10.6 Å². The lowest BCUT2D eigenvalue weighted by Crippen LogP contribution is -2.50. The summed E-state index contributed by atoms with van der Waals surface area (Å²) < 4.78 is 26.5. The van der Waals surface area contributed by atoms with E-state index in [4.69, 9.17) is 0 Å². The zero-order chi connectivity index (χ0) is 27.8. The Labute approximate surface area is 223 Å². The Hall–Kier alpha value is -2.87. The molecule has 2 aromatic rings. The van der Waals surface area contributed by atoms with Gasteiger partial charge in [-0.2, -0.15) is 0 Å². The molecule has 2 rings (SSSR count). The monoisotopic (exact) mass is 529 g/mol. The van der Waals surface area contributed by atoms with Crippen molar-refractivity contribution in [3.8, 4) is 0 Å². The van der Waals surface area contributed by atoms with Gasteiger partial charge < -0.3 is 10.2 Å². The second-order valence-electron chi connectivity index (χ2n) is 10.0. The van der Waals surface area contributed by atoms with E-state index in [-0.39, 0.29) is 30.8 Å². The third kappa shape index (κ3) is 9.18. The maximum absolute atomic E-state index is 13.5. The molecule has 0 aromatic heterocycles. The smallest absolute Gasteiger partial charge is 0.243 e. The molecule has 0 bridgehead atoms. The molecule has 0 fully saturated rings. The number of nitrogens with one attached hydrogen (secondary N) is 1. The molecule has 2 amide bonds. The van der Waals surface area contributed by atoms with Crippen molar-refractivity contribution in [2.45, 2.75) is 85.9 Å². The third-order valence-corrected chi connectivity index (χ3v) is 7.70. The van der Waals surface area contributed by atoms with Crippen molar-refractivity contribution in [1.82, 2.24) is 10.2 Å². The number of aryl methyl sites for hydroxylation is 3. The largest absolute Gasteiger partial charge is 0.352 e. The van der Waals surface area contributed by atoms with Gasteiger partial charge in [0.1, 0.15) is 6.04 Å². The molecule has 0 unspecified atom stereocenters. The summed E-state index contributed by atoms with van der Waals surface area (Å²) in [5, 5.41) is 3.02. The Bertz CT molecular complexity index is 1140. The lowest BCUT2D eigenvalue weighted by Gasteiger charge is -2.32. The molecule has 204 valence electrons. The van der Waals surface area contributed by atoms with Crippen LogP contribution in [0.3, 0.4) is 0 Å². The van der Waals surface area contributed by atoms with Crippen molar-refractivity contribution in [1.29, 1.82) is 0 Å². The molecular formula is C29H43N3O4S. The van der Waals surface area contributed by atoms with Gasteiger partial charge in [0, 0.05) is 25.6 Å². The van der Waals surface area contributed by atoms with Gasteiger partial charge in [-0.25, -0.2) is 8.42 Å². The highest BCUT2D eigenvalue weighted by atomic mass is 32.2. The highest BCUT2D eigenvalue weighted by molar-refractivity contribution is 7.92. The molecule has 0 heterocycles. The van der Waals surface area contributed by atoms with Crippen LogP contribution in [0.4, 0.5) is 5.69 Å². The fourth-order valence-corrected chi connectivity index (χ4v) is 5.30. The molecule has 1 N–H and O–H groups in total. The SMILES string of the molecule is CC[C@@H](C)NC(=O)[C@@H](CC)N(Cc1ccc(C)cc1)C(=O)CCCN(c1cc(C)cc(C)c1)S(C)(=O)=O. The third-order valence-electron chi connectivity index (χ3n) is 6.51. The minimum absolute atomic E-state index is 0.0129. The second-order valence-corrected chi connectivity index (χ2v) is 11.9. The van der Waals surface area contributed by atoms with Gasteiger partial charge in [-0.1, -0.05) is 49.7 Å². The second kappa shape index (κ2) is 13.6. The zero-order valence-electron chi connectivity index (χ0n) is 23.4. The van der Waals surface area contributed by atoms with E-state index in [1.54, 1.807) is 4.90 Å². The molecule has 2 aromatic carbocycles. The minimum Gasteiger partial charge on any atom is -0.352 e. The van der Waals surface area contributed by atoms with Crippen LogP contribution in [-0.2, 0) is 26.2 Å². The van der Waals surface area contributed by atoms with Crippen LogP contribution >= 0.6 is 0 Å². The molecule has 0 aliphatic heterocycles. The van der Waals surface area contributed by atoms with Gasteiger partial charge in [0.05, 0.1) is 11.9 Å². The predicted octanol–water partition coefficient (Wildman–Crippen LogP) is 4.88. The number of amides is 2. The van der Waals surface area contributed by atoms with E-state index >= 15 is 0 Å². The standard InChI is InChI=1S/C29H43N3O4S/c1-8-24(6)30-29(34)27(9-2)31(20-25-14-12-21(3)13-15-25)28(33)11-10-16-32(37(7,35)36)26-18-22(4)17-23(5)19-26/h12-15,17-19,24,27H,8-11,16,20H2,1-7H3,(H,30,34)/t24-,27-/m1/s1. The van der Waals surface area contributed by atoms with E-state index in [1.807, 2.05) is 84.0 Å². The molecule has 0 radical (unpaired) electrons. The fourth-order valence-electron chi connectivity index (χ4n) is 4.35. The van der Waals surface area contributed by atoms with Gasteiger partial charge in [-0.3, -0.25) is 13.9 Å². The number of rotatable bonds is 13. The van der Waals surface area contributed by atoms with Gasteiger partial charge in [0.15, 0.2) is 0 Å². The van der Waals surface area contributed by atoms with Crippen molar-refractivity contribution in [2.24, 2.45) is 0 Å². The maximum atomic E-state index is 13.5. The van der Waals surface area contributed by atoms with Crippen molar-refractivity contribution >= 4 is 27.5 Å². The first kappa shape index (κ1) is 30.4. The minimum atomic E-state index is -3.53. The van der Waals surface area contributed by atoms with Gasteiger partial charge in [-0.15, -0.1) is 0 Å². The molecule has 7 nitrogen and oxygen atoms in total. The molecule has 0 spiro atoms. The number of benzene rings is 2. The Morgan fingerprint density at radius 3 is 2.03 bits per heavy atom. The van der Waals surface area contributed by atoms with Gasteiger partial charge in [-0.05, 0) is 75.8 Å². The predicted molar refractivity (Wildman–Crippen MR) is 151 cm³/mol. The summed E-state index contributed by atoms with van der Waals surface area (Å²) in [6.07, 6.45) is 2.94. The van der Waals surface area contributed by atoms with Crippen molar-refractivity contribution in [3.63, 3.8) is 0 Å². The number of hydrogen-bond donors (Lipinski definition) is 1. The number of nitrogens with zero attached hydrogens (tertiary/aromatic N) is 2. The topological polar surface area (TPSA) is 86.8 Å². The Kier molecular flexibility index (Phi) is 11.2. The average molecular weight is 530 g/mol. The lowest BCUT2D eigenvalue weighted by atomic mass is 10.1. The number of carbonyl (C=O) groups is 2. The summed E-state index contributed by atoms with van der Waals surface area (Å²) >= 11 is 0. The van der Waals surface area contributed by atoms with Crippen LogP contribution in [0.15, 0.2) is 42.5 Å². The summed E-state index contributed by atoms with van der Waals surface area (Å²) in [6, 6.07) is 13.0. The number of carbonyl (C=O) groups excluding carboxylic acids is 2. The van der Waals surface area contributed by atoms with Crippen LogP contribution in [0.5, 0.6) is 0 Å². The summed E-state index contributed by atoms with van der Waals surface area (Å²) in [6.45, 7) is 12.2. The maximum Gasteiger partial charge on any atom is 0.243 e. The van der Waals surface area contributed by atoms with Gasteiger partial charge >= 0.3 is 0 Å². The van der Waals surface area contributed by atoms with Crippen molar-refractivity contribution in [2.75, 3.05) is 17.1 Å². The number of hydrogen-bond acceptors (Lipinski definition) is 4. The molecular weight excluding hydrogens is 486 g/mol. The Morgan fingerprint density at radius 1 is 0.919 bits per heavy atom. The van der Waals surface area contributed by atoms with Crippen LogP contribution in [0.25, 0.3) is 0 Å². The average Bonchev–Trinajstić information content (AvgIpc) is 2.81. The molecule has 0 aliphatic rings. The van der Waals surface area contributed by atoms with E-state index in [0.29, 0.717) is 25.1 Å². The Balaban J connectivity index is 2.24. The van der Waals surface area contributed by atoms with Crippen molar-refractivity contribution < 1.29 is 18.0 Å². The summed E-state index contributed by atoms with van der Waals surface area (Å²) in [4.78, 5) is 28.3. The fraction of sp³-hybridized carbons (Fsp3) is 0.517. The van der Waals surface area contributed by atoms with Crippen LogP contribution in [-0.4, -0.2) is 50.0 Å². The molecule has 2 atom stereocenters. The van der Waals surface area contributed by atoms with Gasteiger partial charge in [0.25, 0.3) is 0 Å². The Morgan fingerprint density at radius 2 is 1.51 bits per heavy atom. The van der Waals surface area contributed by atoms with Crippen molar-refractivity contribution in [3.05, 3.63) is 64.7 Å². The van der Waals surface area contributed by atoms with Crippen LogP contribution in [0.2, 0.25) is 0 Å². The number of anilines is 1. The van der Waals surface area contributed by atoms with E-state index in [2.05, 4.69) is 5.32 Å². The number of sulfonamides is 1. The first-order valence-electron chi connectivity index (χ1n) is 13.1. The van der Waals surface area contributed by atoms with Gasteiger partial charge in [0.2, 0.25) is 21.8 Å².